The fourth-order valence-corrected chi connectivity index (χ4v) is 1.82. The lowest BCUT2D eigenvalue weighted by Crippen LogP contribution is -2.43. The zero-order chi connectivity index (χ0) is 15.3. The Morgan fingerprint density at radius 1 is 1.60 bits per heavy atom. The van der Waals surface area contributed by atoms with Gasteiger partial charge in [-0.15, -0.1) is 0 Å². The van der Waals surface area contributed by atoms with E-state index in [4.69, 9.17) is 9.84 Å². The maximum absolute atomic E-state index is 12.1. The molecule has 0 radical (unpaired) electrons. The Morgan fingerprint density at radius 2 is 2.25 bits per heavy atom. The van der Waals surface area contributed by atoms with Crippen LogP contribution >= 0.6 is 0 Å². The van der Waals surface area contributed by atoms with Crippen LogP contribution in [0.2, 0.25) is 0 Å². The monoisotopic (exact) mass is 298 g/mol. The maximum atomic E-state index is 12.1. The van der Waals surface area contributed by atoms with Crippen molar-refractivity contribution < 1.29 is 32.6 Å². The van der Waals surface area contributed by atoms with Gasteiger partial charge in [0, 0.05) is 26.6 Å². The Morgan fingerprint density at radius 3 is 2.80 bits per heavy atom. The molecule has 0 saturated carbocycles. The van der Waals surface area contributed by atoms with Crippen molar-refractivity contribution >= 4 is 11.8 Å². The minimum atomic E-state index is -4.77. The molecule has 1 fully saturated rings. The van der Waals surface area contributed by atoms with E-state index in [0.717, 1.165) is 0 Å². The predicted octanol–water partition coefficient (Wildman–Crippen LogP) is -0.479. The van der Waals surface area contributed by atoms with E-state index >= 15 is 0 Å². The lowest BCUT2D eigenvalue weighted by Gasteiger charge is -2.17. The molecule has 9 heteroatoms. The number of nitrogens with one attached hydrogen (secondary N) is 1. The molecule has 116 valence electrons. The van der Waals surface area contributed by atoms with Crippen molar-refractivity contribution in [2.24, 2.45) is 5.92 Å². The number of aliphatic hydroxyl groups is 1. The van der Waals surface area contributed by atoms with Crippen molar-refractivity contribution in [3.8, 4) is 0 Å². The van der Waals surface area contributed by atoms with Gasteiger partial charge in [0.1, 0.15) is 0 Å². The van der Waals surface area contributed by atoms with E-state index in [1.54, 1.807) is 0 Å². The molecule has 1 aliphatic heterocycles. The first kappa shape index (κ1) is 16.7. The van der Waals surface area contributed by atoms with Crippen molar-refractivity contribution in [1.29, 1.82) is 0 Å². The molecule has 0 aliphatic carbocycles. The first-order valence-electron chi connectivity index (χ1n) is 6.05. The van der Waals surface area contributed by atoms with Crippen LogP contribution in [0.25, 0.3) is 0 Å². The molecule has 0 spiro atoms. The van der Waals surface area contributed by atoms with Crippen LogP contribution < -0.4 is 5.32 Å². The summed E-state index contributed by atoms with van der Waals surface area (Å²) in [5, 5.41) is 10.8. The average molecular weight is 298 g/mol. The van der Waals surface area contributed by atoms with Crippen LogP contribution in [0, 0.1) is 5.92 Å². The molecule has 0 aromatic carbocycles. The molecule has 2 unspecified atom stereocenters. The maximum Gasteiger partial charge on any atom is 0.416 e. The highest BCUT2D eigenvalue weighted by Crippen LogP contribution is 2.20. The Bertz CT molecular complexity index is 362. The number of carbonyl (C=O) groups excluding carboxylic acids is 2. The predicted molar refractivity (Wildman–Crippen MR) is 61.6 cm³/mol. The Kier molecular flexibility index (Phi) is 5.75. The minimum Gasteiger partial charge on any atom is -0.383 e. The second kappa shape index (κ2) is 6.89. The number of halogens is 3. The number of methoxy groups -OCH3 is 1. The number of alkyl halides is 3. The first-order chi connectivity index (χ1) is 9.25. The van der Waals surface area contributed by atoms with Crippen molar-refractivity contribution in [3.63, 3.8) is 0 Å². The van der Waals surface area contributed by atoms with E-state index in [2.05, 4.69) is 0 Å². The van der Waals surface area contributed by atoms with Gasteiger partial charge in [0.25, 0.3) is 0 Å². The molecular weight excluding hydrogens is 281 g/mol. The zero-order valence-electron chi connectivity index (χ0n) is 10.9. The molecule has 2 atom stereocenters. The molecular formula is C11H17F3N2O4. The molecule has 0 aromatic heterocycles. The smallest absolute Gasteiger partial charge is 0.383 e. The number of hydrogen-bond acceptors (Lipinski definition) is 4. The highest BCUT2D eigenvalue weighted by molar-refractivity contribution is 5.89. The lowest BCUT2D eigenvalue weighted by molar-refractivity contribution is -0.202. The van der Waals surface area contributed by atoms with E-state index in [9.17, 15) is 22.8 Å². The summed E-state index contributed by atoms with van der Waals surface area (Å²) in [6, 6.07) is 0. The van der Waals surface area contributed by atoms with Gasteiger partial charge in [-0.3, -0.25) is 9.59 Å². The van der Waals surface area contributed by atoms with Crippen molar-refractivity contribution in [2.75, 3.05) is 33.4 Å². The average Bonchev–Trinajstić information content (AvgIpc) is 2.73. The second-order valence-corrected chi connectivity index (χ2v) is 4.54. The topological polar surface area (TPSA) is 78.9 Å². The third-order valence-electron chi connectivity index (χ3n) is 3.00. The lowest BCUT2D eigenvalue weighted by atomic mass is 10.1. The third-order valence-corrected chi connectivity index (χ3v) is 3.00. The van der Waals surface area contributed by atoms with Gasteiger partial charge in [0.2, 0.25) is 11.8 Å². The number of carbonyl (C=O) groups is 2. The Labute approximate surface area is 113 Å². The van der Waals surface area contributed by atoms with E-state index in [1.807, 2.05) is 5.32 Å². The normalized spacial score (nSPS) is 21.1. The summed E-state index contributed by atoms with van der Waals surface area (Å²) in [4.78, 5) is 24.6. The number of amides is 2. The van der Waals surface area contributed by atoms with Crippen LogP contribution in [0.3, 0.4) is 0 Å². The molecule has 0 aromatic rings. The van der Waals surface area contributed by atoms with E-state index < -0.39 is 30.7 Å². The number of aliphatic hydroxyl groups excluding tert-OH is 1. The molecule has 6 nitrogen and oxygen atoms in total. The van der Waals surface area contributed by atoms with Crippen molar-refractivity contribution in [3.05, 3.63) is 0 Å². The standard InChI is InChI=1S/C11H17F3N2O4/c1-20-3-2-16-6-7(4-9(16)18)10(19)15-5-8(17)11(12,13)14/h7-8,17H,2-6H2,1H3,(H,15,19). The minimum absolute atomic E-state index is 0.0440. The van der Waals surface area contributed by atoms with E-state index in [-0.39, 0.29) is 18.9 Å². The molecule has 2 N–H and O–H groups in total. The quantitative estimate of drug-likeness (QED) is 0.694. The fraction of sp³-hybridized carbons (Fsp3) is 0.818. The summed E-state index contributed by atoms with van der Waals surface area (Å²) in [6.07, 6.45) is -7.42. The molecule has 1 saturated heterocycles. The summed E-state index contributed by atoms with van der Waals surface area (Å²) >= 11 is 0. The highest BCUT2D eigenvalue weighted by atomic mass is 19.4. The summed E-state index contributed by atoms with van der Waals surface area (Å²) in [5.74, 6) is -1.60. The molecule has 1 rings (SSSR count). The number of likely N-dealkylation sites (tertiary alicyclic amines) is 1. The van der Waals surface area contributed by atoms with E-state index in [1.165, 1.54) is 12.0 Å². The van der Waals surface area contributed by atoms with Crippen LogP contribution in [0.1, 0.15) is 6.42 Å². The molecule has 1 aliphatic rings. The number of hydrogen-bond donors (Lipinski definition) is 2. The molecule has 0 bridgehead atoms. The largest absolute Gasteiger partial charge is 0.416 e. The summed E-state index contributed by atoms with van der Waals surface area (Å²) in [5.41, 5.74) is 0. The van der Waals surface area contributed by atoms with Gasteiger partial charge in [-0.25, -0.2) is 0 Å². The van der Waals surface area contributed by atoms with Gasteiger partial charge in [0.05, 0.1) is 19.1 Å². The van der Waals surface area contributed by atoms with E-state index in [0.29, 0.717) is 13.2 Å². The van der Waals surface area contributed by atoms with Crippen molar-refractivity contribution in [2.45, 2.75) is 18.7 Å². The molecule has 20 heavy (non-hydrogen) atoms. The number of nitrogens with zero attached hydrogens (tertiary/aromatic N) is 1. The van der Waals surface area contributed by atoms with Crippen LogP contribution in [0.5, 0.6) is 0 Å². The van der Waals surface area contributed by atoms with Gasteiger partial charge < -0.3 is 20.1 Å². The van der Waals surface area contributed by atoms with Gasteiger partial charge in [-0.1, -0.05) is 0 Å². The summed E-state index contributed by atoms with van der Waals surface area (Å²) < 4.78 is 41.0. The van der Waals surface area contributed by atoms with Crippen LogP contribution in [-0.4, -0.2) is 67.5 Å². The van der Waals surface area contributed by atoms with Crippen LogP contribution in [0.4, 0.5) is 13.2 Å². The van der Waals surface area contributed by atoms with Crippen LogP contribution in [0.15, 0.2) is 0 Å². The number of rotatable bonds is 6. The first-order valence-corrected chi connectivity index (χ1v) is 6.05. The second-order valence-electron chi connectivity index (χ2n) is 4.54. The fourth-order valence-electron chi connectivity index (χ4n) is 1.82. The van der Waals surface area contributed by atoms with Gasteiger partial charge >= 0.3 is 6.18 Å². The van der Waals surface area contributed by atoms with Gasteiger partial charge in [0.15, 0.2) is 6.10 Å². The summed E-state index contributed by atoms with van der Waals surface area (Å²) in [6.45, 7) is -0.0988. The third kappa shape index (κ3) is 4.64. The molecule has 2 amide bonds. The van der Waals surface area contributed by atoms with Gasteiger partial charge in [-0.2, -0.15) is 13.2 Å². The SMILES string of the molecule is COCCN1CC(C(=O)NCC(O)C(F)(F)F)CC1=O. The Hall–Kier alpha value is -1.35. The van der Waals surface area contributed by atoms with Gasteiger partial charge in [-0.05, 0) is 0 Å². The zero-order valence-corrected chi connectivity index (χ0v) is 10.9. The molecule has 1 heterocycles. The van der Waals surface area contributed by atoms with Crippen molar-refractivity contribution in [1.82, 2.24) is 10.2 Å². The highest BCUT2D eigenvalue weighted by Gasteiger charge is 2.39. The Balaban J connectivity index is 2.40. The van der Waals surface area contributed by atoms with Crippen LogP contribution in [-0.2, 0) is 14.3 Å². The number of ether oxygens (including phenoxy) is 1. The summed E-state index contributed by atoms with van der Waals surface area (Å²) in [7, 11) is 1.48.